The van der Waals surface area contributed by atoms with Crippen LogP contribution in [0.1, 0.15) is 75.4 Å². The molecule has 0 unspecified atom stereocenters. The zero-order valence-corrected chi connectivity index (χ0v) is 16.2. The van der Waals surface area contributed by atoms with Crippen LogP contribution in [0.4, 0.5) is 0 Å². The first-order chi connectivity index (χ1) is 12.7. The molecule has 1 aromatic heterocycles. The van der Waals surface area contributed by atoms with E-state index in [2.05, 4.69) is 31.6 Å². The SMILES string of the molecule is Cn1c(CN2CCCC2)nnc1[C@@H]1CCCN(C(=O)CC2CCCC2)C1. The number of piperidine rings is 1. The van der Waals surface area contributed by atoms with Crippen LogP contribution in [0.25, 0.3) is 0 Å². The lowest BCUT2D eigenvalue weighted by atomic mass is 9.95. The Kier molecular flexibility index (Phi) is 5.57. The fourth-order valence-electron chi connectivity index (χ4n) is 5.01. The molecule has 3 aliphatic rings. The van der Waals surface area contributed by atoms with E-state index in [-0.39, 0.29) is 0 Å². The van der Waals surface area contributed by atoms with Gasteiger partial charge in [-0.1, -0.05) is 12.8 Å². The van der Waals surface area contributed by atoms with Gasteiger partial charge in [-0.05, 0) is 57.5 Å². The van der Waals surface area contributed by atoms with Gasteiger partial charge in [-0.15, -0.1) is 10.2 Å². The van der Waals surface area contributed by atoms with Crippen LogP contribution in [-0.4, -0.2) is 56.7 Å². The quantitative estimate of drug-likeness (QED) is 0.811. The summed E-state index contributed by atoms with van der Waals surface area (Å²) in [7, 11) is 2.10. The van der Waals surface area contributed by atoms with Gasteiger partial charge in [0, 0.05) is 32.5 Å². The molecule has 0 aromatic carbocycles. The maximum Gasteiger partial charge on any atom is 0.222 e. The van der Waals surface area contributed by atoms with E-state index in [0.29, 0.717) is 17.7 Å². The molecule has 4 rings (SSSR count). The van der Waals surface area contributed by atoms with Crippen LogP contribution in [0.5, 0.6) is 0 Å². The summed E-state index contributed by atoms with van der Waals surface area (Å²) >= 11 is 0. The van der Waals surface area contributed by atoms with E-state index in [1.54, 1.807) is 0 Å². The second kappa shape index (κ2) is 8.07. The Hall–Kier alpha value is -1.43. The monoisotopic (exact) mass is 359 g/mol. The molecule has 0 spiro atoms. The van der Waals surface area contributed by atoms with Crippen LogP contribution in [0, 0.1) is 5.92 Å². The van der Waals surface area contributed by atoms with E-state index < -0.39 is 0 Å². The Balaban J connectivity index is 1.37. The van der Waals surface area contributed by atoms with Gasteiger partial charge in [0.25, 0.3) is 0 Å². The third kappa shape index (κ3) is 3.95. The molecule has 3 heterocycles. The van der Waals surface area contributed by atoms with Crippen molar-refractivity contribution in [3.63, 3.8) is 0 Å². The number of likely N-dealkylation sites (tertiary alicyclic amines) is 2. The standard InChI is InChI=1S/C20H33N5O/c1-23-18(15-24-10-4-5-11-24)21-22-20(23)17-9-6-12-25(14-17)19(26)13-16-7-2-3-8-16/h16-17H,2-15H2,1H3/t17-/m1/s1. The van der Waals surface area contributed by atoms with Gasteiger partial charge in [0.05, 0.1) is 6.54 Å². The van der Waals surface area contributed by atoms with Gasteiger partial charge >= 0.3 is 0 Å². The van der Waals surface area contributed by atoms with Crippen LogP contribution in [0.15, 0.2) is 0 Å². The fraction of sp³-hybridized carbons (Fsp3) is 0.850. The molecule has 2 saturated heterocycles. The normalized spacial score (nSPS) is 25.3. The Morgan fingerprint density at radius 2 is 1.77 bits per heavy atom. The van der Waals surface area contributed by atoms with Crippen LogP contribution in [0.2, 0.25) is 0 Å². The van der Waals surface area contributed by atoms with Crippen molar-refractivity contribution in [3.8, 4) is 0 Å². The highest BCUT2D eigenvalue weighted by atomic mass is 16.2. The second-order valence-corrected chi connectivity index (χ2v) is 8.55. The number of carbonyl (C=O) groups excluding carboxylic acids is 1. The average Bonchev–Trinajstić information content (AvgIpc) is 3.40. The highest BCUT2D eigenvalue weighted by Gasteiger charge is 2.30. The van der Waals surface area contributed by atoms with E-state index in [0.717, 1.165) is 50.5 Å². The summed E-state index contributed by atoms with van der Waals surface area (Å²) in [5, 5.41) is 9.00. The minimum atomic E-state index is 0.334. The number of nitrogens with zero attached hydrogens (tertiary/aromatic N) is 5. The molecule has 2 aliphatic heterocycles. The maximum atomic E-state index is 12.7. The first kappa shape index (κ1) is 18.0. The number of hydrogen-bond acceptors (Lipinski definition) is 4. The van der Waals surface area contributed by atoms with Gasteiger partial charge < -0.3 is 9.47 Å². The fourth-order valence-corrected chi connectivity index (χ4v) is 5.01. The topological polar surface area (TPSA) is 54.3 Å². The molecule has 6 heteroatoms. The molecule has 26 heavy (non-hydrogen) atoms. The summed E-state index contributed by atoms with van der Waals surface area (Å²) in [5.74, 6) is 3.46. The lowest BCUT2D eigenvalue weighted by molar-refractivity contribution is -0.133. The number of hydrogen-bond donors (Lipinski definition) is 0. The summed E-state index contributed by atoms with van der Waals surface area (Å²) in [6.07, 6.45) is 10.6. The Bertz CT molecular complexity index is 616. The molecule has 1 amide bonds. The number of amides is 1. The Morgan fingerprint density at radius 3 is 2.54 bits per heavy atom. The molecule has 0 radical (unpaired) electrons. The van der Waals surface area contributed by atoms with Gasteiger partial charge in [-0.3, -0.25) is 9.69 Å². The Labute approximate surface area is 156 Å². The van der Waals surface area contributed by atoms with Gasteiger partial charge in [-0.25, -0.2) is 0 Å². The second-order valence-electron chi connectivity index (χ2n) is 8.55. The summed E-state index contributed by atoms with van der Waals surface area (Å²) in [6.45, 7) is 4.99. The number of carbonyl (C=O) groups is 1. The number of rotatable bonds is 5. The van der Waals surface area contributed by atoms with Crippen molar-refractivity contribution in [1.29, 1.82) is 0 Å². The first-order valence-electron chi connectivity index (χ1n) is 10.6. The smallest absolute Gasteiger partial charge is 0.222 e. The van der Waals surface area contributed by atoms with Crippen molar-refractivity contribution in [1.82, 2.24) is 24.6 Å². The molecular weight excluding hydrogens is 326 g/mol. The lowest BCUT2D eigenvalue weighted by Gasteiger charge is -2.33. The van der Waals surface area contributed by atoms with Crippen LogP contribution in [-0.2, 0) is 18.4 Å². The largest absolute Gasteiger partial charge is 0.342 e. The summed E-state index contributed by atoms with van der Waals surface area (Å²) in [5.41, 5.74) is 0. The van der Waals surface area contributed by atoms with Crippen molar-refractivity contribution < 1.29 is 4.79 Å². The zero-order valence-electron chi connectivity index (χ0n) is 16.2. The lowest BCUT2D eigenvalue weighted by Crippen LogP contribution is -2.40. The van der Waals surface area contributed by atoms with Crippen LogP contribution in [0.3, 0.4) is 0 Å². The predicted octanol–water partition coefficient (Wildman–Crippen LogP) is 2.70. The highest BCUT2D eigenvalue weighted by Crippen LogP contribution is 2.30. The molecule has 3 fully saturated rings. The van der Waals surface area contributed by atoms with Gasteiger partial charge in [0.15, 0.2) is 0 Å². The third-order valence-corrected chi connectivity index (χ3v) is 6.64. The van der Waals surface area contributed by atoms with E-state index in [1.807, 2.05) is 0 Å². The molecule has 0 bridgehead atoms. The molecule has 1 aliphatic carbocycles. The summed E-state index contributed by atoms with van der Waals surface area (Å²) in [4.78, 5) is 17.3. The molecule has 1 atom stereocenters. The van der Waals surface area contributed by atoms with Gasteiger partial charge in [-0.2, -0.15) is 0 Å². The first-order valence-corrected chi connectivity index (χ1v) is 10.6. The van der Waals surface area contributed by atoms with E-state index >= 15 is 0 Å². The average molecular weight is 360 g/mol. The van der Waals surface area contributed by atoms with Crippen LogP contribution >= 0.6 is 0 Å². The van der Waals surface area contributed by atoms with E-state index in [4.69, 9.17) is 0 Å². The molecule has 0 N–H and O–H groups in total. The van der Waals surface area contributed by atoms with Crippen molar-refractivity contribution in [2.45, 2.75) is 70.3 Å². The zero-order chi connectivity index (χ0) is 17.9. The van der Waals surface area contributed by atoms with Crippen molar-refractivity contribution in [2.75, 3.05) is 26.2 Å². The summed E-state index contributed by atoms with van der Waals surface area (Å²) in [6, 6.07) is 0. The van der Waals surface area contributed by atoms with Crippen molar-refractivity contribution >= 4 is 5.91 Å². The molecule has 1 aromatic rings. The Morgan fingerprint density at radius 1 is 1.00 bits per heavy atom. The molecule has 1 saturated carbocycles. The minimum absolute atomic E-state index is 0.334. The summed E-state index contributed by atoms with van der Waals surface area (Å²) < 4.78 is 2.19. The van der Waals surface area contributed by atoms with Crippen LogP contribution < -0.4 is 0 Å². The van der Waals surface area contributed by atoms with Crippen molar-refractivity contribution in [2.24, 2.45) is 13.0 Å². The van der Waals surface area contributed by atoms with E-state index in [9.17, 15) is 4.79 Å². The maximum absolute atomic E-state index is 12.7. The molecule has 6 nitrogen and oxygen atoms in total. The minimum Gasteiger partial charge on any atom is -0.342 e. The van der Waals surface area contributed by atoms with Gasteiger partial charge in [0.2, 0.25) is 5.91 Å². The number of aromatic nitrogens is 3. The third-order valence-electron chi connectivity index (χ3n) is 6.64. The highest BCUT2D eigenvalue weighted by molar-refractivity contribution is 5.76. The van der Waals surface area contributed by atoms with E-state index in [1.165, 1.54) is 51.6 Å². The molecule has 144 valence electrons. The molecular formula is C20H33N5O. The van der Waals surface area contributed by atoms with Crippen molar-refractivity contribution in [3.05, 3.63) is 11.6 Å². The van der Waals surface area contributed by atoms with Gasteiger partial charge in [0.1, 0.15) is 11.6 Å². The predicted molar refractivity (Wildman–Crippen MR) is 101 cm³/mol.